The van der Waals surface area contributed by atoms with Crippen LogP contribution in [-0.4, -0.2) is 16.1 Å². The van der Waals surface area contributed by atoms with Crippen LogP contribution in [0.2, 0.25) is 0 Å². The Labute approximate surface area is 117 Å². The molecule has 1 aliphatic carbocycles. The number of hydrogen-bond donors (Lipinski definition) is 1. The molecule has 0 atom stereocenters. The summed E-state index contributed by atoms with van der Waals surface area (Å²) < 4.78 is 1.05. The summed E-state index contributed by atoms with van der Waals surface area (Å²) in [7, 11) is 0. The fourth-order valence-corrected chi connectivity index (χ4v) is 3.63. The lowest BCUT2D eigenvalue weighted by Gasteiger charge is -2.05. The molecule has 0 unspecified atom stereocenters. The van der Waals surface area contributed by atoms with Gasteiger partial charge in [-0.2, -0.15) is 0 Å². The first-order valence-electron chi connectivity index (χ1n) is 5.67. The second-order valence-corrected chi connectivity index (χ2v) is 6.25. The van der Waals surface area contributed by atoms with Crippen LogP contribution in [0.5, 0.6) is 0 Å². The van der Waals surface area contributed by atoms with E-state index in [0.717, 1.165) is 39.9 Å². The van der Waals surface area contributed by atoms with E-state index in [9.17, 15) is 4.79 Å². The lowest BCUT2D eigenvalue weighted by molar-refractivity contribution is 0.0696. The van der Waals surface area contributed by atoms with E-state index in [0.29, 0.717) is 0 Å². The highest BCUT2D eigenvalue weighted by Gasteiger charge is 2.21. The third-order valence-corrected chi connectivity index (χ3v) is 4.65. The Morgan fingerprint density at radius 1 is 1.39 bits per heavy atom. The number of hydrogen-bond acceptors (Lipinski definition) is 3. The number of fused-ring (bicyclic) bond motifs is 3. The molecular formula is C13H10BrNO2S. The summed E-state index contributed by atoms with van der Waals surface area (Å²) in [6.07, 6.45) is 2.96. The van der Waals surface area contributed by atoms with Crippen molar-refractivity contribution in [3.05, 3.63) is 38.1 Å². The van der Waals surface area contributed by atoms with Gasteiger partial charge in [0.2, 0.25) is 5.01 Å². The van der Waals surface area contributed by atoms with Crippen molar-refractivity contribution in [3.63, 3.8) is 0 Å². The molecule has 0 aliphatic heterocycles. The fraction of sp³-hybridized carbons (Fsp3) is 0.231. The molecule has 0 spiro atoms. The molecule has 5 heteroatoms. The Morgan fingerprint density at radius 2 is 2.22 bits per heavy atom. The van der Waals surface area contributed by atoms with Crippen molar-refractivity contribution in [3.8, 4) is 11.3 Å². The Balaban J connectivity index is 2.20. The average Bonchev–Trinajstić information content (AvgIpc) is 2.67. The smallest absolute Gasteiger partial charge is 0.365 e. The van der Waals surface area contributed by atoms with Crippen LogP contribution in [0.25, 0.3) is 11.3 Å². The number of thiazole rings is 1. The number of halogens is 1. The van der Waals surface area contributed by atoms with Gasteiger partial charge >= 0.3 is 5.97 Å². The Hall–Kier alpha value is -1.20. The van der Waals surface area contributed by atoms with Gasteiger partial charge in [0.1, 0.15) is 0 Å². The highest BCUT2D eigenvalue weighted by atomic mass is 79.9. The second kappa shape index (κ2) is 4.48. The van der Waals surface area contributed by atoms with E-state index in [1.807, 2.05) is 12.1 Å². The molecule has 0 saturated carbocycles. The van der Waals surface area contributed by atoms with Gasteiger partial charge in [0.25, 0.3) is 0 Å². The SMILES string of the molecule is O=C(O)c1nc2c(s1)CCCc1cc(Br)ccc1-2. The quantitative estimate of drug-likeness (QED) is 0.869. The summed E-state index contributed by atoms with van der Waals surface area (Å²) >= 11 is 4.77. The summed E-state index contributed by atoms with van der Waals surface area (Å²) in [6, 6.07) is 6.10. The standard InChI is InChI=1S/C13H10BrNO2S/c14-8-4-5-9-7(6-8)2-1-3-10-11(9)15-12(18-10)13(16)17/h4-6H,1-3H2,(H,16,17). The van der Waals surface area contributed by atoms with Gasteiger partial charge in [0, 0.05) is 14.9 Å². The van der Waals surface area contributed by atoms with Crippen molar-refractivity contribution in [2.75, 3.05) is 0 Å². The van der Waals surface area contributed by atoms with Crippen molar-refractivity contribution < 1.29 is 9.90 Å². The zero-order valence-corrected chi connectivity index (χ0v) is 11.8. The van der Waals surface area contributed by atoms with Crippen LogP contribution in [-0.2, 0) is 12.8 Å². The number of nitrogens with zero attached hydrogens (tertiary/aromatic N) is 1. The molecule has 92 valence electrons. The summed E-state index contributed by atoms with van der Waals surface area (Å²) in [5.74, 6) is -0.938. The van der Waals surface area contributed by atoms with Crippen molar-refractivity contribution in [1.82, 2.24) is 4.98 Å². The number of benzene rings is 1. The third-order valence-electron chi connectivity index (χ3n) is 3.05. The van der Waals surface area contributed by atoms with Gasteiger partial charge in [-0.25, -0.2) is 9.78 Å². The summed E-state index contributed by atoms with van der Waals surface area (Å²) in [5.41, 5.74) is 3.18. The van der Waals surface area contributed by atoms with E-state index in [1.54, 1.807) is 0 Å². The number of aromatic carboxylic acids is 1. The predicted octanol–water partition coefficient (Wildman–Crippen LogP) is 3.76. The first kappa shape index (κ1) is 11.9. The number of rotatable bonds is 1. The maximum atomic E-state index is 11.0. The van der Waals surface area contributed by atoms with Gasteiger partial charge in [0.15, 0.2) is 0 Å². The third kappa shape index (κ3) is 1.97. The molecule has 0 bridgehead atoms. The highest BCUT2D eigenvalue weighted by Crippen LogP contribution is 2.36. The second-order valence-electron chi connectivity index (χ2n) is 4.25. The molecule has 0 amide bonds. The molecule has 1 aromatic heterocycles. The maximum Gasteiger partial charge on any atom is 0.365 e. The minimum Gasteiger partial charge on any atom is -0.476 e. The van der Waals surface area contributed by atoms with Crippen LogP contribution in [0.1, 0.15) is 26.7 Å². The highest BCUT2D eigenvalue weighted by molar-refractivity contribution is 9.10. The van der Waals surface area contributed by atoms with Gasteiger partial charge in [-0.1, -0.05) is 22.0 Å². The van der Waals surface area contributed by atoms with Crippen LogP contribution in [0.4, 0.5) is 0 Å². The summed E-state index contributed by atoms with van der Waals surface area (Å²) in [5, 5.41) is 9.23. The zero-order chi connectivity index (χ0) is 12.7. The lowest BCUT2D eigenvalue weighted by atomic mass is 10.0. The molecule has 1 N–H and O–H groups in total. The first-order valence-corrected chi connectivity index (χ1v) is 7.28. The molecule has 3 rings (SSSR count). The Bertz CT molecular complexity index is 636. The van der Waals surface area contributed by atoms with E-state index < -0.39 is 5.97 Å². The lowest BCUT2D eigenvalue weighted by Crippen LogP contribution is -1.95. The Kier molecular flexibility index (Phi) is 2.95. The van der Waals surface area contributed by atoms with Gasteiger partial charge in [-0.15, -0.1) is 11.3 Å². The average molecular weight is 324 g/mol. The molecule has 2 aromatic rings. The number of aryl methyl sites for hydroxylation is 2. The van der Waals surface area contributed by atoms with Gasteiger partial charge in [-0.3, -0.25) is 0 Å². The minimum atomic E-state index is -0.938. The molecule has 0 saturated heterocycles. The molecule has 0 radical (unpaired) electrons. The van der Waals surface area contributed by atoms with E-state index in [2.05, 4.69) is 27.0 Å². The Morgan fingerprint density at radius 3 is 3.00 bits per heavy atom. The van der Waals surface area contributed by atoms with Gasteiger partial charge in [0.05, 0.1) is 5.69 Å². The number of carbonyl (C=O) groups is 1. The zero-order valence-electron chi connectivity index (χ0n) is 9.44. The van der Waals surface area contributed by atoms with Crippen molar-refractivity contribution in [2.24, 2.45) is 0 Å². The van der Waals surface area contributed by atoms with Crippen LogP contribution in [0, 0.1) is 0 Å². The van der Waals surface area contributed by atoms with Gasteiger partial charge < -0.3 is 5.11 Å². The molecule has 1 aliphatic rings. The normalized spacial score (nSPS) is 13.6. The maximum absolute atomic E-state index is 11.0. The monoisotopic (exact) mass is 323 g/mol. The van der Waals surface area contributed by atoms with Crippen LogP contribution < -0.4 is 0 Å². The van der Waals surface area contributed by atoms with Crippen molar-refractivity contribution in [1.29, 1.82) is 0 Å². The fourth-order valence-electron chi connectivity index (χ4n) is 2.26. The van der Waals surface area contributed by atoms with Crippen molar-refractivity contribution in [2.45, 2.75) is 19.3 Å². The summed E-state index contributed by atoms with van der Waals surface area (Å²) in [4.78, 5) is 16.4. The molecule has 18 heavy (non-hydrogen) atoms. The molecule has 0 fully saturated rings. The molecule has 1 heterocycles. The van der Waals surface area contributed by atoms with Crippen molar-refractivity contribution >= 4 is 33.2 Å². The molecule has 1 aromatic carbocycles. The number of carboxylic acids is 1. The topological polar surface area (TPSA) is 50.2 Å². The molecule has 3 nitrogen and oxygen atoms in total. The number of aromatic nitrogens is 1. The predicted molar refractivity (Wildman–Crippen MR) is 74.2 cm³/mol. The van der Waals surface area contributed by atoms with Gasteiger partial charge in [-0.05, 0) is 37.0 Å². The van der Waals surface area contributed by atoms with E-state index >= 15 is 0 Å². The number of carboxylic acid groups (broad SMARTS) is 1. The first-order chi connectivity index (χ1) is 8.65. The van der Waals surface area contributed by atoms with E-state index in [-0.39, 0.29) is 5.01 Å². The largest absolute Gasteiger partial charge is 0.476 e. The van der Waals surface area contributed by atoms with Crippen LogP contribution in [0.15, 0.2) is 22.7 Å². The van der Waals surface area contributed by atoms with Crippen LogP contribution in [0.3, 0.4) is 0 Å². The van der Waals surface area contributed by atoms with E-state index in [4.69, 9.17) is 5.11 Å². The minimum absolute atomic E-state index is 0.191. The van der Waals surface area contributed by atoms with Crippen LogP contribution >= 0.6 is 27.3 Å². The van der Waals surface area contributed by atoms with E-state index in [1.165, 1.54) is 16.9 Å². The summed E-state index contributed by atoms with van der Waals surface area (Å²) in [6.45, 7) is 0. The molecular weight excluding hydrogens is 314 g/mol.